The van der Waals surface area contributed by atoms with Crippen molar-refractivity contribution in [1.82, 2.24) is 4.98 Å². The van der Waals surface area contributed by atoms with Gasteiger partial charge in [0.2, 0.25) is 0 Å². The molecule has 0 aromatic carbocycles. The van der Waals surface area contributed by atoms with Gasteiger partial charge in [0.05, 0.1) is 17.3 Å². The Balaban J connectivity index is 2.12. The molecule has 0 amide bonds. The number of aromatic nitrogens is 1. The molecule has 0 radical (unpaired) electrons. The molecule has 1 aromatic heterocycles. The van der Waals surface area contributed by atoms with E-state index >= 15 is 0 Å². The molecule has 1 heterocycles. The van der Waals surface area contributed by atoms with Crippen LogP contribution in [0.1, 0.15) is 60.5 Å². The summed E-state index contributed by atoms with van der Waals surface area (Å²) in [6, 6.07) is 0. The number of hydrogen-bond donors (Lipinski definition) is 1. The van der Waals surface area contributed by atoms with Crippen LogP contribution in [0.5, 0.6) is 0 Å². The molecule has 0 spiro atoms. The molecule has 1 aliphatic carbocycles. The molecule has 18 heavy (non-hydrogen) atoms. The Bertz CT molecular complexity index is 378. The number of thiazole rings is 1. The summed E-state index contributed by atoms with van der Waals surface area (Å²) in [5.41, 5.74) is 6.85. The summed E-state index contributed by atoms with van der Waals surface area (Å²) < 4.78 is 5.20. The Morgan fingerprint density at radius 2 is 2.28 bits per heavy atom. The summed E-state index contributed by atoms with van der Waals surface area (Å²) in [7, 11) is 1.72. The molecule has 2 rings (SSSR count). The summed E-state index contributed by atoms with van der Waals surface area (Å²) in [5.74, 6) is 1.55. The third kappa shape index (κ3) is 3.11. The van der Waals surface area contributed by atoms with Gasteiger partial charge >= 0.3 is 0 Å². The van der Waals surface area contributed by atoms with Crippen molar-refractivity contribution < 1.29 is 4.74 Å². The van der Waals surface area contributed by atoms with Crippen LogP contribution in [0.4, 0.5) is 0 Å². The van der Waals surface area contributed by atoms with E-state index in [4.69, 9.17) is 15.5 Å². The lowest BCUT2D eigenvalue weighted by Crippen LogP contribution is -2.13. The minimum atomic E-state index is 0.584. The molecule has 2 unspecified atom stereocenters. The molecule has 2 N–H and O–H groups in total. The van der Waals surface area contributed by atoms with Crippen LogP contribution in [0.3, 0.4) is 0 Å². The van der Waals surface area contributed by atoms with Crippen molar-refractivity contribution in [3.8, 4) is 0 Å². The van der Waals surface area contributed by atoms with Crippen molar-refractivity contribution in [2.45, 2.75) is 58.1 Å². The van der Waals surface area contributed by atoms with Crippen LogP contribution in [0.15, 0.2) is 0 Å². The third-order valence-electron chi connectivity index (χ3n) is 3.97. The normalized spacial score (nSPS) is 24.4. The number of hydrogen-bond acceptors (Lipinski definition) is 4. The minimum Gasteiger partial charge on any atom is -0.378 e. The molecule has 0 saturated heterocycles. The SMILES string of the molecule is CCC1CCCC(c2nc(COC)c(CN)s2)C1. The number of rotatable bonds is 5. The zero-order chi connectivity index (χ0) is 13.0. The van der Waals surface area contributed by atoms with Crippen molar-refractivity contribution in [2.75, 3.05) is 7.11 Å². The second-order valence-electron chi connectivity index (χ2n) is 5.20. The molecule has 2 atom stereocenters. The summed E-state index contributed by atoms with van der Waals surface area (Å²) in [6.45, 7) is 3.48. The predicted octanol–water partition coefficient (Wildman–Crippen LogP) is 3.43. The van der Waals surface area contributed by atoms with E-state index in [1.807, 2.05) is 0 Å². The van der Waals surface area contributed by atoms with Gasteiger partial charge in [-0.3, -0.25) is 0 Å². The van der Waals surface area contributed by atoms with Gasteiger partial charge in [0.15, 0.2) is 0 Å². The fourth-order valence-corrected chi connectivity index (χ4v) is 3.97. The minimum absolute atomic E-state index is 0.584. The lowest BCUT2D eigenvalue weighted by atomic mass is 9.80. The van der Waals surface area contributed by atoms with Gasteiger partial charge < -0.3 is 10.5 Å². The highest BCUT2D eigenvalue weighted by molar-refractivity contribution is 7.11. The molecule has 4 heteroatoms. The van der Waals surface area contributed by atoms with E-state index < -0.39 is 0 Å². The maximum Gasteiger partial charge on any atom is 0.0963 e. The van der Waals surface area contributed by atoms with Crippen LogP contribution in [0.2, 0.25) is 0 Å². The Kier molecular flexibility index (Phi) is 5.15. The number of methoxy groups -OCH3 is 1. The van der Waals surface area contributed by atoms with E-state index in [1.54, 1.807) is 18.4 Å². The molecular formula is C14H24N2OS. The second-order valence-corrected chi connectivity index (χ2v) is 6.31. The molecule has 1 saturated carbocycles. The molecule has 3 nitrogen and oxygen atoms in total. The van der Waals surface area contributed by atoms with Gasteiger partial charge in [-0.05, 0) is 18.8 Å². The van der Waals surface area contributed by atoms with E-state index in [9.17, 15) is 0 Å². The van der Waals surface area contributed by atoms with Gasteiger partial charge in [-0.15, -0.1) is 11.3 Å². The van der Waals surface area contributed by atoms with Crippen molar-refractivity contribution in [3.05, 3.63) is 15.6 Å². The maximum atomic E-state index is 5.79. The van der Waals surface area contributed by atoms with Crippen LogP contribution in [-0.4, -0.2) is 12.1 Å². The monoisotopic (exact) mass is 268 g/mol. The maximum absolute atomic E-state index is 5.79. The van der Waals surface area contributed by atoms with Gasteiger partial charge in [0.1, 0.15) is 0 Å². The highest BCUT2D eigenvalue weighted by Crippen LogP contribution is 2.39. The molecule has 0 bridgehead atoms. The quantitative estimate of drug-likeness (QED) is 0.890. The lowest BCUT2D eigenvalue weighted by Gasteiger charge is -2.26. The van der Waals surface area contributed by atoms with Crippen LogP contribution in [0, 0.1) is 5.92 Å². The van der Waals surface area contributed by atoms with Crippen molar-refractivity contribution in [3.63, 3.8) is 0 Å². The molecule has 1 aliphatic rings. The topological polar surface area (TPSA) is 48.1 Å². The largest absolute Gasteiger partial charge is 0.378 e. The number of ether oxygens (including phenoxy) is 1. The standard InChI is InChI=1S/C14H24N2OS/c1-3-10-5-4-6-11(7-10)14-16-12(9-17-2)13(8-15)18-14/h10-11H,3-9,15H2,1-2H3. The highest BCUT2D eigenvalue weighted by Gasteiger charge is 2.25. The van der Waals surface area contributed by atoms with E-state index in [0.29, 0.717) is 19.1 Å². The van der Waals surface area contributed by atoms with E-state index in [1.165, 1.54) is 42.0 Å². The summed E-state index contributed by atoms with van der Waals surface area (Å²) in [6.07, 6.45) is 6.64. The molecule has 1 aromatic rings. The van der Waals surface area contributed by atoms with Crippen LogP contribution in [-0.2, 0) is 17.9 Å². The molecular weight excluding hydrogens is 244 g/mol. The summed E-state index contributed by atoms with van der Waals surface area (Å²) in [5, 5.41) is 1.29. The second kappa shape index (κ2) is 6.64. The first-order valence-electron chi connectivity index (χ1n) is 6.95. The van der Waals surface area contributed by atoms with E-state index in [-0.39, 0.29) is 0 Å². The fourth-order valence-electron chi connectivity index (χ4n) is 2.87. The number of nitrogens with zero attached hydrogens (tertiary/aromatic N) is 1. The fraction of sp³-hybridized carbons (Fsp3) is 0.786. The Morgan fingerprint density at radius 3 is 2.94 bits per heavy atom. The molecule has 0 aliphatic heterocycles. The van der Waals surface area contributed by atoms with Crippen LogP contribution < -0.4 is 5.73 Å². The number of nitrogens with two attached hydrogens (primary N) is 1. The summed E-state index contributed by atoms with van der Waals surface area (Å²) >= 11 is 1.80. The van der Waals surface area contributed by atoms with E-state index in [2.05, 4.69) is 6.92 Å². The predicted molar refractivity (Wildman–Crippen MR) is 75.7 cm³/mol. The Hall–Kier alpha value is -0.450. The van der Waals surface area contributed by atoms with Crippen LogP contribution in [0.25, 0.3) is 0 Å². The molecule has 102 valence electrons. The van der Waals surface area contributed by atoms with Gasteiger partial charge in [-0.1, -0.05) is 26.2 Å². The Morgan fingerprint density at radius 1 is 1.44 bits per heavy atom. The first-order valence-corrected chi connectivity index (χ1v) is 7.77. The van der Waals surface area contributed by atoms with Gasteiger partial charge in [0, 0.05) is 24.4 Å². The smallest absolute Gasteiger partial charge is 0.0963 e. The van der Waals surface area contributed by atoms with Gasteiger partial charge in [-0.25, -0.2) is 4.98 Å². The van der Waals surface area contributed by atoms with Gasteiger partial charge in [0.25, 0.3) is 0 Å². The third-order valence-corrected chi connectivity index (χ3v) is 5.25. The van der Waals surface area contributed by atoms with Gasteiger partial charge in [-0.2, -0.15) is 0 Å². The first-order chi connectivity index (χ1) is 8.78. The molecule has 1 fully saturated rings. The first kappa shape index (κ1) is 14.0. The van der Waals surface area contributed by atoms with Crippen LogP contribution >= 0.6 is 11.3 Å². The summed E-state index contributed by atoms with van der Waals surface area (Å²) in [4.78, 5) is 5.98. The average molecular weight is 268 g/mol. The van der Waals surface area contributed by atoms with Crippen molar-refractivity contribution >= 4 is 11.3 Å². The Labute approximate surface area is 114 Å². The van der Waals surface area contributed by atoms with E-state index in [0.717, 1.165) is 11.6 Å². The zero-order valence-electron chi connectivity index (χ0n) is 11.4. The lowest BCUT2D eigenvalue weighted by molar-refractivity contribution is 0.181. The van der Waals surface area contributed by atoms with Crippen molar-refractivity contribution in [1.29, 1.82) is 0 Å². The average Bonchev–Trinajstić information content (AvgIpc) is 2.82. The van der Waals surface area contributed by atoms with Crippen molar-refractivity contribution in [2.24, 2.45) is 11.7 Å². The highest BCUT2D eigenvalue weighted by atomic mass is 32.1. The zero-order valence-corrected chi connectivity index (χ0v) is 12.3.